The number of piperidine rings is 1. The molecule has 20 heavy (non-hydrogen) atoms. The van der Waals surface area contributed by atoms with E-state index in [9.17, 15) is 9.59 Å². The lowest BCUT2D eigenvalue weighted by Gasteiger charge is -2.21. The van der Waals surface area contributed by atoms with Crippen molar-refractivity contribution in [2.75, 3.05) is 23.7 Å². The van der Waals surface area contributed by atoms with E-state index in [0.29, 0.717) is 19.4 Å². The Kier molecular flexibility index (Phi) is 4.49. The van der Waals surface area contributed by atoms with Crippen LogP contribution in [0.1, 0.15) is 18.4 Å². The fourth-order valence-corrected chi connectivity index (χ4v) is 2.58. The Morgan fingerprint density at radius 1 is 1.25 bits per heavy atom. The van der Waals surface area contributed by atoms with Crippen LogP contribution in [-0.4, -0.2) is 24.9 Å². The molecule has 6 heteroatoms. The zero-order valence-corrected chi connectivity index (χ0v) is 11.9. The molecule has 0 radical (unpaired) electrons. The Morgan fingerprint density at radius 3 is 2.85 bits per heavy atom. The summed E-state index contributed by atoms with van der Waals surface area (Å²) < 4.78 is 0. The molecular formula is C14H18ClN3O2. The fourth-order valence-electron chi connectivity index (χ4n) is 2.58. The average molecular weight is 296 g/mol. The number of carbonyl (C=O) groups is 2. The first kappa shape index (κ1) is 14.7. The standard InChI is InChI=1S/C14H17N3O2.ClH/c18-13-4-1-10(8-16-13)14(19)17-11-2-3-12-9(7-11)5-6-15-12;/h2-3,7,10,15H,1,4-6,8H2,(H,16,18)(H,17,19);1H. The van der Waals surface area contributed by atoms with Crippen molar-refractivity contribution in [1.82, 2.24) is 5.32 Å². The molecule has 1 atom stereocenters. The van der Waals surface area contributed by atoms with E-state index in [-0.39, 0.29) is 30.1 Å². The van der Waals surface area contributed by atoms with Gasteiger partial charge in [0.05, 0.1) is 5.92 Å². The minimum atomic E-state index is -0.121. The molecule has 1 saturated heterocycles. The molecule has 0 aliphatic carbocycles. The third-order valence-electron chi connectivity index (χ3n) is 3.72. The van der Waals surface area contributed by atoms with E-state index < -0.39 is 0 Å². The molecule has 0 saturated carbocycles. The smallest absolute Gasteiger partial charge is 0.229 e. The summed E-state index contributed by atoms with van der Waals surface area (Å²) in [5.74, 6) is -0.0948. The van der Waals surface area contributed by atoms with Crippen molar-refractivity contribution in [3.05, 3.63) is 23.8 Å². The summed E-state index contributed by atoms with van der Waals surface area (Å²) in [7, 11) is 0. The lowest BCUT2D eigenvalue weighted by molar-refractivity contribution is -0.126. The Balaban J connectivity index is 0.00000147. The molecule has 1 fully saturated rings. The highest BCUT2D eigenvalue weighted by molar-refractivity contribution is 5.94. The largest absolute Gasteiger partial charge is 0.384 e. The van der Waals surface area contributed by atoms with Gasteiger partial charge in [-0.1, -0.05) is 0 Å². The number of amides is 2. The second-order valence-electron chi connectivity index (χ2n) is 5.08. The van der Waals surface area contributed by atoms with Gasteiger partial charge in [0, 0.05) is 30.9 Å². The lowest BCUT2D eigenvalue weighted by Crippen LogP contribution is -2.40. The van der Waals surface area contributed by atoms with Gasteiger partial charge < -0.3 is 16.0 Å². The number of fused-ring (bicyclic) bond motifs is 1. The van der Waals surface area contributed by atoms with Crippen molar-refractivity contribution in [2.24, 2.45) is 5.92 Å². The Hall–Kier alpha value is -1.75. The normalized spacial score (nSPS) is 20.2. The van der Waals surface area contributed by atoms with Gasteiger partial charge in [-0.3, -0.25) is 9.59 Å². The van der Waals surface area contributed by atoms with Crippen LogP contribution in [0, 0.1) is 5.92 Å². The first-order chi connectivity index (χ1) is 9.22. The first-order valence-corrected chi connectivity index (χ1v) is 6.67. The zero-order valence-electron chi connectivity index (χ0n) is 11.1. The van der Waals surface area contributed by atoms with Crippen LogP contribution in [0.5, 0.6) is 0 Å². The summed E-state index contributed by atoms with van der Waals surface area (Å²) in [6.45, 7) is 1.40. The van der Waals surface area contributed by atoms with Crippen molar-refractivity contribution < 1.29 is 9.59 Å². The molecule has 3 N–H and O–H groups in total. The molecule has 3 rings (SSSR count). The maximum atomic E-state index is 12.1. The molecule has 1 aromatic rings. The second kappa shape index (κ2) is 6.13. The summed E-state index contributed by atoms with van der Waals surface area (Å²) in [5.41, 5.74) is 3.24. The third-order valence-corrected chi connectivity index (χ3v) is 3.72. The third kappa shape index (κ3) is 3.04. The van der Waals surface area contributed by atoms with Crippen LogP contribution in [0.2, 0.25) is 0 Å². The van der Waals surface area contributed by atoms with Crippen LogP contribution in [-0.2, 0) is 16.0 Å². The molecule has 1 aromatic carbocycles. The Bertz CT molecular complexity index is 523. The predicted molar refractivity (Wildman–Crippen MR) is 80.2 cm³/mol. The van der Waals surface area contributed by atoms with Crippen molar-refractivity contribution >= 4 is 35.6 Å². The van der Waals surface area contributed by atoms with Crippen LogP contribution in [0.25, 0.3) is 0 Å². The topological polar surface area (TPSA) is 70.2 Å². The van der Waals surface area contributed by atoms with Gasteiger partial charge in [-0.05, 0) is 36.6 Å². The summed E-state index contributed by atoms with van der Waals surface area (Å²) in [5, 5.41) is 8.96. The molecule has 2 aliphatic heterocycles. The maximum Gasteiger partial charge on any atom is 0.229 e. The summed E-state index contributed by atoms with van der Waals surface area (Å²) in [6.07, 6.45) is 2.06. The fraction of sp³-hybridized carbons (Fsp3) is 0.429. The molecule has 0 bridgehead atoms. The summed E-state index contributed by atoms with van der Waals surface area (Å²) in [4.78, 5) is 23.2. The number of hydrogen-bond donors (Lipinski definition) is 3. The van der Waals surface area contributed by atoms with E-state index in [4.69, 9.17) is 0 Å². The average Bonchev–Trinajstić information content (AvgIpc) is 2.87. The second-order valence-corrected chi connectivity index (χ2v) is 5.08. The van der Waals surface area contributed by atoms with Gasteiger partial charge in [0.2, 0.25) is 11.8 Å². The van der Waals surface area contributed by atoms with E-state index in [1.54, 1.807) is 0 Å². The molecule has 1 unspecified atom stereocenters. The van der Waals surface area contributed by atoms with E-state index >= 15 is 0 Å². The van der Waals surface area contributed by atoms with Crippen LogP contribution < -0.4 is 16.0 Å². The lowest BCUT2D eigenvalue weighted by atomic mass is 9.98. The SMILES string of the molecule is Cl.O=C1CCC(C(=O)Nc2ccc3c(c2)CCN3)CN1. The first-order valence-electron chi connectivity index (χ1n) is 6.67. The molecular weight excluding hydrogens is 278 g/mol. The van der Waals surface area contributed by atoms with Crippen molar-refractivity contribution in [3.63, 3.8) is 0 Å². The highest BCUT2D eigenvalue weighted by Gasteiger charge is 2.24. The monoisotopic (exact) mass is 295 g/mol. The molecule has 0 spiro atoms. The minimum Gasteiger partial charge on any atom is -0.384 e. The molecule has 2 aliphatic rings. The highest BCUT2D eigenvalue weighted by atomic mass is 35.5. The Labute approximate surface area is 123 Å². The number of nitrogens with one attached hydrogen (secondary N) is 3. The van der Waals surface area contributed by atoms with Gasteiger partial charge >= 0.3 is 0 Å². The van der Waals surface area contributed by atoms with Gasteiger partial charge in [-0.25, -0.2) is 0 Å². The number of hydrogen-bond acceptors (Lipinski definition) is 3. The quantitative estimate of drug-likeness (QED) is 0.775. The van der Waals surface area contributed by atoms with Crippen LogP contribution in [0.15, 0.2) is 18.2 Å². The molecule has 5 nitrogen and oxygen atoms in total. The van der Waals surface area contributed by atoms with Gasteiger partial charge in [-0.2, -0.15) is 0 Å². The van der Waals surface area contributed by atoms with Gasteiger partial charge in [-0.15, -0.1) is 12.4 Å². The van der Waals surface area contributed by atoms with Crippen molar-refractivity contribution in [1.29, 1.82) is 0 Å². The van der Waals surface area contributed by atoms with Crippen molar-refractivity contribution in [3.8, 4) is 0 Å². The van der Waals surface area contributed by atoms with Gasteiger partial charge in [0.25, 0.3) is 0 Å². The van der Waals surface area contributed by atoms with E-state index in [1.807, 2.05) is 18.2 Å². The number of rotatable bonds is 2. The van der Waals surface area contributed by atoms with E-state index in [0.717, 1.165) is 24.3 Å². The molecule has 2 amide bonds. The number of anilines is 2. The van der Waals surface area contributed by atoms with Crippen LogP contribution in [0.4, 0.5) is 11.4 Å². The maximum absolute atomic E-state index is 12.1. The highest BCUT2D eigenvalue weighted by Crippen LogP contribution is 2.25. The van der Waals surface area contributed by atoms with Gasteiger partial charge in [0.1, 0.15) is 0 Å². The zero-order chi connectivity index (χ0) is 13.2. The van der Waals surface area contributed by atoms with Crippen LogP contribution >= 0.6 is 12.4 Å². The van der Waals surface area contributed by atoms with Crippen LogP contribution in [0.3, 0.4) is 0 Å². The molecule has 0 aromatic heterocycles. The number of carbonyl (C=O) groups excluding carboxylic acids is 2. The minimum absolute atomic E-state index is 0. The Morgan fingerprint density at radius 2 is 2.10 bits per heavy atom. The number of benzene rings is 1. The molecule has 108 valence electrons. The van der Waals surface area contributed by atoms with E-state index in [2.05, 4.69) is 16.0 Å². The molecule has 2 heterocycles. The predicted octanol–water partition coefficient (Wildman–Crippen LogP) is 1.54. The van der Waals surface area contributed by atoms with Crippen molar-refractivity contribution in [2.45, 2.75) is 19.3 Å². The van der Waals surface area contributed by atoms with Gasteiger partial charge in [0.15, 0.2) is 0 Å². The summed E-state index contributed by atoms with van der Waals surface area (Å²) >= 11 is 0. The number of halogens is 1. The summed E-state index contributed by atoms with van der Waals surface area (Å²) in [6, 6.07) is 5.94. The van der Waals surface area contributed by atoms with E-state index in [1.165, 1.54) is 5.56 Å².